The van der Waals surface area contributed by atoms with E-state index in [1.165, 1.54) is 5.56 Å². The second-order valence-corrected chi connectivity index (χ2v) is 7.87. The van der Waals surface area contributed by atoms with E-state index in [9.17, 15) is 4.79 Å². The molecule has 0 aliphatic carbocycles. The van der Waals surface area contributed by atoms with E-state index in [-0.39, 0.29) is 32.0 Å². The Morgan fingerprint density at radius 1 is 1.12 bits per heavy atom. The molecule has 1 amide bonds. The fourth-order valence-corrected chi connectivity index (χ4v) is 2.74. The van der Waals surface area contributed by atoms with Crippen molar-refractivity contribution >= 4 is 52.1 Å². The lowest BCUT2D eigenvalue weighted by molar-refractivity contribution is 0.0950. The molecule has 1 aromatic carbocycles. The number of aromatic nitrogens is 1. The zero-order chi connectivity index (χ0) is 19.6. The zero-order valence-electron chi connectivity index (χ0n) is 14.8. The summed E-state index contributed by atoms with van der Waals surface area (Å²) in [5, 5.41) is 3.92. The van der Waals surface area contributed by atoms with Crippen molar-refractivity contribution in [1.82, 2.24) is 10.4 Å². The van der Waals surface area contributed by atoms with Crippen LogP contribution in [0.1, 0.15) is 49.3 Å². The van der Waals surface area contributed by atoms with Crippen LogP contribution in [0.5, 0.6) is 0 Å². The van der Waals surface area contributed by atoms with Gasteiger partial charge in [-0.1, -0.05) is 79.8 Å². The molecule has 0 saturated heterocycles. The Balaban J connectivity index is 2.20. The molecule has 0 spiro atoms. The standard InChI is InChI=1S/C18H19Cl3N4O/c1-9(10-5-7-11(8-6-10)18(2,3)4)24-25-17(26)15-12(19)14(22)13(20)16(21)23-15/h5-8H,1-4H3,(H2,22,23)(H,25,26). The number of nitrogens with zero attached hydrogens (tertiary/aromatic N) is 2. The van der Waals surface area contributed by atoms with E-state index in [0.717, 1.165) is 5.56 Å². The summed E-state index contributed by atoms with van der Waals surface area (Å²) in [7, 11) is 0. The predicted molar refractivity (Wildman–Crippen MR) is 108 cm³/mol. The number of benzene rings is 1. The van der Waals surface area contributed by atoms with Crippen molar-refractivity contribution in [2.24, 2.45) is 5.10 Å². The number of hydrazone groups is 1. The minimum atomic E-state index is -0.633. The van der Waals surface area contributed by atoms with Crippen molar-refractivity contribution in [2.45, 2.75) is 33.1 Å². The molecule has 1 aromatic heterocycles. The number of halogens is 3. The van der Waals surface area contributed by atoms with Crippen LogP contribution in [-0.4, -0.2) is 16.6 Å². The third-order valence-corrected chi connectivity index (χ3v) is 4.92. The molecule has 0 radical (unpaired) electrons. The fraction of sp³-hybridized carbons (Fsp3) is 0.278. The third kappa shape index (κ3) is 4.47. The van der Waals surface area contributed by atoms with Crippen LogP contribution in [0.2, 0.25) is 15.2 Å². The first-order chi connectivity index (χ1) is 12.0. The first kappa shape index (κ1) is 20.5. The van der Waals surface area contributed by atoms with Gasteiger partial charge in [0.25, 0.3) is 5.91 Å². The highest BCUT2D eigenvalue weighted by Crippen LogP contribution is 2.34. The molecule has 0 atom stereocenters. The molecule has 0 unspecified atom stereocenters. The summed E-state index contributed by atoms with van der Waals surface area (Å²) in [5.41, 5.74) is 10.8. The van der Waals surface area contributed by atoms with Crippen molar-refractivity contribution in [3.63, 3.8) is 0 Å². The Kier molecular flexibility index (Phi) is 6.17. The largest absolute Gasteiger partial charge is 0.396 e. The Labute approximate surface area is 167 Å². The minimum absolute atomic E-state index is 0.00282. The van der Waals surface area contributed by atoms with Gasteiger partial charge in [0.15, 0.2) is 10.8 Å². The van der Waals surface area contributed by atoms with Crippen LogP contribution in [-0.2, 0) is 5.41 Å². The minimum Gasteiger partial charge on any atom is -0.396 e. The van der Waals surface area contributed by atoms with Crippen molar-refractivity contribution in [3.05, 3.63) is 56.3 Å². The molecule has 3 N–H and O–H groups in total. The summed E-state index contributed by atoms with van der Waals surface area (Å²) >= 11 is 17.7. The SMILES string of the molecule is CC(=NNC(=O)c1nc(Cl)c(Cl)c(N)c1Cl)c1ccc(C(C)(C)C)cc1. The first-order valence-corrected chi connectivity index (χ1v) is 8.91. The normalized spacial score (nSPS) is 12.2. The molecular weight excluding hydrogens is 395 g/mol. The second kappa shape index (κ2) is 7.82. The smallest absolute Gasteiger partial charge is 0.291 e. The molecule has 2 rings (SSSR count). The van der Waals surface area contributed by atoms with Crippen LogP contribution < -0.4 is 11.2 Å². The molecule has 8 heteroatoms. The molecule has 1 heterocycles. The number of amides is 1. The summed E-state index contributed by atoms with van der Waals surface area (Å²) in [6, 6.07) is 7.98. The third-order valence-electron chi connectivity index (χ3n) is 3.78. The van der Waals surface area contributed by atoms with E-state index < -0.39 is 5.91 Å². The Morgan fingerprint density at radius 3 is 2.23 bits per heavy atom. The number of carbonyl (C=O) groups excluding carboxylic acids is 1. The Bertz CT molecular complexity index is 871. The predicted octanol–water partition coefficient (Wildman–Crippen LogP) is 5.08. The molecular formula is C18H19Cl3N4O. The lowest BCUT2D eigenvalue weighted by Gasteiger charge is -2.19. The molecule has 0 fully saturated rings. The summed E-state index contributed by atoms with van der Waals surface area (Å²) in [5.74, 6) is -0.633. The number of carbonyl (C=O) groups is 1. The Hall–Kier alpha value is -1.82. The van der Waals surface area contributed by atoms with Gasteiger partial charge in [0.05, 0.1) is 16.4 Å². The quantitative estimate of drug-likeness (QED) is 0.418. The van der Waals surface area contributed by atoms with Crippen molar-refractivity contribution in [2.75, 3.05) is 5.73 Å². The summed E-state index contributed by atoms with van der Waals surface area (Å²) in [6.45, 7) is 8.21. The molecule has 5 nitrogen and oxygen atoms in total. The van der Waals surface area contributed by atoms with Gasteiger partial charge in [-0.15, -0.1) is 0 Å². The number of hydrogen-bond acceptors (Lipinski definition) is 4. The average Bonchev–Trinajstić information content (AvgIpc) is 2.60. The first-order valence-electron chi connectivity index (χ1n) is 7.78. The Morgan fingerprint density at radius 2 is 1.69 bits per heavy atom. The maximum absolute atomic E-state index is 12.3. The van der Waals surface area contributed by atoms with Gasteiger partial charge in [-0.05, 0) is 23.5 Å². The van der Waals surface area contributed by atoms with Gasteiger partial charge in [-0.3, -0.25) is 4.79 Å². The number of nitrogen functional groups attached to an aromatic ring is 1. The lowest BCUT2D eigenvalue weighted by atomic mass is 9.86. The van der Waals surface area contributed by atoms with Crippen LogP contribution in [0.4, 0.5) is 5.69 Å². The van der Waals surface area contributed by atoms with Crippen LogP contribution in [0.15, 0.2) is 29.4 Å². The van der Waals surface area contributed by atoms with Gasteiger partial charge >= 0.3 is 0 Å². The highest BCUT2D eigenvalue weighted by Gasteiger charge is 2.19. The summed E-state index contributed by atoms with van der Waals surface area (Å²) in [4.78, 5) is 16.1. The van der Waals surface area contributed by atoms with Crippen molar-refractivity contribution in [1.29, 1.82) is 0 Å². The molecule has 0 saturated carbocycles. The van der Waals surface area contributed by atoms with E-state index >= 15 is 0 Å². The molecule has 0 bridgehead atoms. The average molecular weight is 414 g/mol. The number of pyridine rings is 1. The number of rotatable bonds is 3. The lowest BCUT2D eigenvalue weighted by Crippen LogP contribution is -2.21. The van der Waals surface area contributed by atoms with E-state index in [2.05, 4.69) is 36.3 Å². The van der Waals surface area contributed by atoms with Crippen molar-refractivity contribution in [3.8, 4) is 0 Å². The molecule has 138 valence electrons. The van der Waals surface area contributed by atoms with Gasteiger partial charge in [0, 0.05) is 0 Å². The van der Waals surface area contributed by atoms with Crippen LogP contribution in [0.25, 0.3) is 0 Å². The maximum Gasteiger partial charge on any atom is 0.291 e. The van der Waals surface area contributed by atoms with Crippen LogP contribution in [0, 0.1) is 0 Å². The highest BCUT2D eigenvalue weighted by molar-refractivity contribution is 6.46. The summed E-state index contributed by atoms with van der Waals surface area (Å²) in [6.07, 6.45) is 0. The van der Waals surface area contributed by atoms with Gasteiger partial charge in [-0.2, -0.15) is 5.10 Å². The molecule has 0 aliphatic rings. The molecule has 0 aliphatic heterocycles. The topological polar surface area (TPSA) is 80.4 Å². The van der Waals surface area contributed by atoms with Gasteiger partial charge in [0.2, 0.25) is 0 Å². The number of nitrogens with two attached hydrogens (primary N) is 1. The monoisotopic (exact) mass is 412 g/mol. The molecule has 26 heavy (non-hydrogen) atoms. The second-order valence-electron chi connectivity index (χ2n) is 6.76. The fourth-order valence-electron chi connectivity index (χ4n) is 2.15. The zero-order valence-corrected chi connectivity index (χ0v) is 17.1. The van der Waals surface area contributed by atoms with E-state index in [4.69, 9.17) is 40.5 Å². The summed E-state index contributed by atoms with van der Waals surface area (Å²) < 4.78 is 0. The molecule has 2 aromatic rings. The van der Waals surface area contributed by atoms with Crippen molar-refractivity contribution < 1.29 is 4.79 Å². The number of nitrogens with one attached hydrogen (secondary N) is 1. The van der Waals surface area contributed by atoms with Gasteiger partial charge < -0.3 is 5.73 Å². The van der Waals surface area contributed by atoms with E-state index in [1.807, 2.05) is 24.3 Å². The van der Waals surface area contributed by atoms with Crippen LogP contribution >= 0.6 is 34.8 Å². The highest BCUT2D eigenvalue weighted by atomic mass is 35.5. The maximum atomic E-state index is 12.3. The van der Waals surface area contributed by atoms with E-state index in [0.29, 0.717) is 5.71 Å². The van der Waals surface area contributed by atoms with Gasteiger partial charge in [0.1, 0.15) is 5.02 Å². The van der Waals surface area contributed by atoms with Crippen LogP contribution in [0.3, 0.4) is 0 Å². The van der Waals surface area contributed by atoms with Gasteiger partial charge in [-0.25, -0.2) is 10.4 Å². The number of hydrogen-bond donors (Lipinski definition) is 2. The van der Waals surface area contributed by atoms with E-state index in [1.54, 1.807) is 6.92 Å². The number of anilines is 1.